The quantitative estimate of drug-likeness (QED) is 0.894. The lowest BCUT2D eigenvalue weighted by atomic mass is 10.0. The Kier molecular flexibility index (Phi) is 4.50. The van der Waals surface area contributed by atoms with Crippen molar-refractivity contribution in [2.75, 3.05) is 6.61 Å². The van der Waals surface area contributed by atoms with Crippen LogP contribution in [0.15, 0.2) is 16.6 Å². The van der Waals surface area contributed by atoms with Gasteiger partial charge in [-0.2, -0.15) is 0 Å². The monoisotopic (exact) mass is 285 g/mol. The Morgan fingerprint density at radius 3 is 2.69 bits per heavy atom. The summed E-state index contributed by atoms with van der Waals surface area (Å²) in [6.45, 7) is 5.59. The molecule has 1 aromatic carbocycles. The molecule has 0 saturated carbocycles. The Labute approximate surface area is 104 Å². The van der Waals surface area contributed by atoms with Gasteiger partial charge in [-0.3, -0.25) is 4.79 Å². The van der Waals surface area contributed by atoms with Crippen LogP contribution < -0.4 is 5.32 Å². The second-order valence-electron chi connectivity index (χ2n) is 3.95. The Morgan fingerprint density at radius 1 is 1.50 bits per heavy atom. The molecule has 0 saturated heterocycles. The summed E-state index contributed by atoms with van der Waals surface area (Å²) in [5, 5.41) is 11.6. The summed E-state index contributed by atoms with van der Waals surface area (Å²) >= 11 is 3.37. The summed E-state index contributed by atoms with van der Waals surface area (Å²) in [6.07, 6.45) is 0. The van der Waals surface area contributed by atoms with Crippen molar-refractivity contribution in [1.29, 1.82) is 0 Å². The second-order valence-corrected chi connectivity index (χ2v) is 4.87. The summed E-state index contributed by atoms with van der Waals surface area (Å²) in [5.74, 6) is -0.150. The topological polar surface area (TPSA) is 49.3 Å². The number of benzene rings is 1. The summed E-state index contributed by atoms with van der Waals surface area (Å²) in [6, 6.07) is 3.54. The van der Waals surface area contributed by atoms with Crippen molar-refractivity contribution >= 4 is 21.8 Å². The van der Waals surface area contributed by atoms with E-state index >= 15 is 0 Å². The maximum atomic E-state index is 11.9. The smallest absolute Gasteiger partial charge is 0.251 e. The van der Waals surface area contributed by atoms with Crippen LogP contribution >= 0.6 is 15.9 Å². The van der Waals surface area contributed by atoms with Crippen LogP contribution in [-0.2, 0) is 0 Å². The van der Waals surface area contributed by atoms with E-state index in [2.05, 4.69) is 21.2 Å². The minimum Gasteiger partial charge on any atom is -0.394 e. The third-order valence-electron chi connectivity index (χ3n) is 2.53. The van der Waals surface area contributed by atoms with E-state index < -0.39 is 0 Å². The summed E-state index contributed by atoms with van der Waals surface area (Å²) < 4.78 is 0.886. The lowest BCUT2D eigenvalue weighted by molar-refractivity contribution is 0.0921. The van der Waals surface area contributed by atoms with Crippen LogP contribution in [0.4, 0.5) is 0 Å². The zero-order chi connectivity index (χ0) is 12.3. The van der Waals surface area contributed by atoms with Crippen molar-refractivity contribution in [3.63, 3.8) is 0 Å². The Morgan fingerprint density at radius 2 is 2.12 bits per heavy atom. The summed E-state index contributed by atoms with van der Waals surface area (Å²) in [4.78, 5) is 11.9. The Hall–Kier alpha value is -0.870. The molecule has 0 bridgehead atoms. The number of aliphatic hydroxyl groups is 1. The number of carbonyl (C=O) groups excluding carboxylic acids is 1. The van der Waals surface area contributed by atoms with Crippen LogP contribution in [0.5, 0.6) is 0 Å². The Balaban J connectivity index is 2.99. The molecule has 1 rings (SSSR count). The number of hydrogen-bond acceptors (Lipinski definition) is 2. The lowest BCUT2D eigenvalue weighted by Gasteiger charge is -2.13. The third kappa shape index (κ3) is 3.06. The molecule has 0 spiro atoms. The third-order valence-corrected chi connectivity index (χ3v) is 2.99. The van der Waals surface area contributed by atoms with Gasteiger partial charge in [0.25, 0.3) is 5.91 Å². The zero-order valence-electron chi connectivity index (χ0n) is 9.67. The minimum atomic E-state index is -0.230. The van der Waals surface area contributed by atoms with Gasteiger partial charge in [0.15, 0.2) is 0 Å². The molecule has 0 heterocycles. The van der Waals surface area contributed by atoms with Crippen LogP contribution in [0.25, 0.3) is 0 Å². The molecule has 0 aliphatic heterocycles. The maximum Gasteiger partial charge on any atom is 0.251 e. The highest BCUT2D eigenvalue weighted by Crippen LogP contribution is 2.20. The number of aryl methyl sites for hydroxylation is 1. The first-order valence-electron chi connectivity index (χ1n) is 5.14. The standard InChI is InChI=1S/C12H16BrNO2/c1-7-4-10(13)5-11(9(7)3)12(16)14-8(2)6-15/h4-5,8,15H,6H2,1-3H3,(H,14,16). The fourth-order valence-corrected chi connectivity index (χ4v) is 1.97. The molecule has 0 aliphatic carbocycles. The van der Waals surface area contributed by atoms with Gasteiger partial charge < -0.3 is 10.4 Å². The maximum absolute atomic E-state index is 11.9. The molecule has 1 aromatic rings. The fourth-order valence-electron chi connectivity index (χ4n) is 1.40. The average Bonchev–Trinajstić information content (AvgIpc) is 2.22. The second kappa shape index (κ2) is 5.46. The molecule has 2 N–H and O–H groups in total. The van der Waals surface area contributed by atoms with E-state index in [-0.39, 0.29) is 18.6 Å². The molecule has 1 amide bonds. The molecule has 3 nitrogen and oxygen atoms in total. The average molecular weight is 286 g/mol. The number of nitrogens with one attached hydrogen (secondary N) is 1. The SMILES string of the molecule is Cc1cc(Br)cc(C(=O)NC(C)CO)c1C. The highest BCUT2D eigenvalue weighted by Gasteiger charge is 2.13. The number of aliphatic hydroxyl groups excluding tert-OH is 1. The number of amides is 1. The predicted molar refractivity (Wildman–Crippen MR) is 67.6 cm³/mol. The number of rotatable bonds is 3. The van der Waals surface area contributed by atoms with Crippen molar-refractivity contribution in [3.8, 4) is 0 Å². The number of carbonyl (C=O) groups is 1. The van der Waals surface area contributed by atoms with Crippen LogP contribution in [0.1, 0.15) is 28.4 Å². The van der Waals surface area contributed by atoms with E-state index in [1.807, 2.05) is 19.9 Å². The summed E-state index contributed by atoms with van der Waals surface area (Å²) in [5.41, 5.74) is 2.68. The Bertz CT molecular complexity index is 404. The van der Waals surface area contributed by atoms with Gasteiger partial charge in [0.1, 0.15) is 0 Å². The number of hydrogen-bond donors (Lipinski definition) is 2. The first kappa shape index (κ1) is 13.2. The van der Waals surface area contributed by atoms with Crippen molar-refractivity contribution in [3.05, 3.63) is 33.3 Å². The molecular weight excluding hydrogens is 270 g/mol. The normalized spacial score (nSPS) is 12.3. The van der Waals surface area contributed by atoms with Crippen molar-refractivity contribution in [2.24, 2.45) is 0 Å². The van der Waals surface area contributed by atoms with Crippen LogP contribution in [-0.4, -0.2) is 23.7 Å². The molecule has 4 heteroatoms. The minimum absolute atomic E-state index is 0.0578. The molecule has 1 unspecified atom stereocenters. The van der Waals surface area contributed by atoms with Crippen LogP contribution in [0.3, 0.4) is 0 Å². The largest absolute Gasteiger partial charge is 0.394 e. The molecule has 0 aromatic heterocycles. The molecule has 88 valence electrons. The highest BCUT2D eigenvalue weighted by molar-refractivity contribution is 9.10. The van der Waals surface area contributed by atoms with Gasteiger partial charge in [0, 0.05) is 16.1 Å². The number of halogens is 1. The van der Waals surface area contributed by atoms with E-state index in [9.17, 15) is 4.79 Å². The van der Waals surface area contributed by atoms with Crippen molar-refractivity contribution in [1.82, 2.24) is 5.32 Å². The molecule has 1 atom stereocenters. The van der Waals surface area contributed by atoms with Gasteiger partial charge in [-0.15, -0.1) is 0 Å². The van der Waals surface area contributed by atoms with E-state index in [0.29, 0.717) is 5.56 Å². The van der Waals surface area contributed by atoms with Crippen molar-refractivity contribution in [2.45, 2.75) is 26.8 Å². The lowest BCUT2D eigenvalue weighted by Crippen LogP contribution is -2.35. The molecule has 0 aliphatic rings. The molecule has 16 heavy (non-hydrogen) atoms. The van der Waals surface area contributed by atoms with E-state index in [0.717, 1.165) is 15.6 Å². The van der Waals surface area contributed by atoms with E-state index in [1.165, 1.54) is 0 Å². The summed E-state index contributed by atoms with van der Waals surface area (Å²) in [7, 11) is 0. The highest BCUT2D eigenvalue weighted by atomic mass is 79.9. The first-order valence-corrected chi connectivity index (χ1v) is 5.93. The molecule has 0 radical (unpaired) electrons. The van der Waals surface area contributed by atoms with Crippen molar-refractivity contribution < 1.29 is 9.90 Å². The van der Waals surface area contributed by atoms with Gasteiger partial charge in [-0.05, 0) is 44.0 Å². The van der Waals surface area contributed by atoms with E-state index in [4.69, 9.17) is 5.11 Å². The first-order chi connectivity index (χ1) is 7.45. The van der Waals surface area contributed by atoms with Gasteiger partial charge in [-0.25, -0.2) is 0 Å². The fraction of sp³-hybridized carbons (Fsp3) is 0.417. The van der Waals surface area contributed by atoms with Crippen LogP contribution in [0, 0.1) is 13.8 Å². The van der Waals surface area contributed by atoms with Gasteiger partial charge in [0.2, 0.25) is 0 Å². The predicted octanol–water partition coefficient (Wildman–Crippen LogP) is 2.18. The van der Waals surface area contributed by atoms with Crippen LogP contribution in [0.2, 0.25) is 0 Å². The van der Waals surface area contributed by atoms with E-state index in [1.54, 1.807) is 13.0 Å². The zero-order valence-corrected chi connectivity index (χ0v) is 11.3. The van der Waals surface area contributed by atoms with Gasteiger partial charge in [0.05, 0.1) is 6.61 Å². The van der Waals surface area contributed by atoms with Gasteiger partial charge in [-0.1, -0.05) is 15.9 Å². The molecular formula is C12H16BrNO2. The molecule has 0 fully saturated rings. The van der Waals surface area contributed by atoms with Gasteiger partial charge >= 0.3 is 0 Å².